The van der Waals surface area contributed by atoms with Gasteiger partial charge in [0.05, 0.1) is 17.9 Å². The van der Waals surface area contributed by atoms with Crippen molar-refractivity contribution in [3.05, 3.63) is 95.0 Å². The van der Waals surface area contributed by atoms with Gasteiger partial charge < -0.3 is 14.6 Å². The van der Waals surface area contributed by atoms with Gasteiger partial charge in [-0.3, -0.25) is 9.59 Å². The molecular formula is C23H20ClN3O3. The summed E-state index contributed by atoms with van der Waals surface area (Å²) in [6, 6.07) is 15.1. The molecule has 30 heavy (non-hydrogen) atoms. The number of benzene rings is 2. The molecule has 1 atom stereocenters. The van der Waals surface area contributed by atoms with Gasteiger partial charge in [-0.15, -0.1) is 0 Å². The van der Waals surface area contributed by atoms with Crippen LogP contribution in [0.5, 0.6) is 0 Å². The Labute approximate surface area is 179 Å². The molecule has 0 bridgehead atoms. The zero-order valence-electron chi connectivity index (χ0n) is 16.1. The lowest BCUT2D eigenvalue weighted by Crippen LogP contribution is -2.31. The van der Waals surface area contributed by atoms with Gasteiger partial charge in [-0.25, -0.2) is 4.98 Å². The lowest BCUT2D eigenvalue weighted by Gasteiger charge is -2.25. The van der Waals surface area contributed by atoms with E-state index in [2.05, 4.69) is 4.98 Å². The van der Waals surface area contributed by atoms with Gasteiger partial charge in [-0.05, 0) is 24.1 Å². The Morgan fingerprint density at radius 2 is 1.77 bits per heavy atom. The van der Waals surface area contributed by atoms with E-state index in [1.54, 1.807) is 61.1 Å². The second-order valence-corrected chi connectivity index (χ2v) is 7.50. The molecule has 1 fully saturated rings. The topological polar surface area (TPSA) is 75.4 Å². The summed E-state index contributed by atoms with van der Waals surface area (Å²) in [7, 11) is 0. The van der Waals surface area contributed by atoms with E-state index in [1.807, 2.05) is 16.8 Å². The maximum absolute atomic E-state index is 12.9. The van der Waals surface area contributed by atoms with Crippen molar-refractivity contribution < 1.29 is 14.7 Å². The molecule has 0 unspecified atom stereocenters. The Hall–Kier alpha value is -3.38. The fraction of sp³-hybridized carbons (Fsp3) is 0.174. The highest BCUT2D eigenvalue weighted by molar-refractivity contribution is 6.46. The SMILES string of the molecule is O=C1C(=O)N(CCCn2ccnc2)[C@H](c2ccc(Cl)cc2)C1=C(O)c1ccccc1. The van der Waals surface area contributed by atoms with Gasteiger partial charge in [0, 0.05) is 36.1 Å². The monoisotopic (exact) mass is 421 g/mol. The zero-order chi connectivity index (χ0) is 21.1. The summed E-state index contributed by atoms with van der Waals surface area (Å²) < 4.78 is 1.91. The van der Waals surface area contributed by atoms with Gasteiger partial charge in [0.1, 0.15) is 5.76 Å². The molecule has 6 nitrogen and oxygen atoms in total. The first-order valence-corrected chi connectivity index (χ1v) is 9.99. The summed E-state index contributed by atoms with van der Waals surface area (Å²) in [4.78, 5) is 31.3. The summed E-state index contributed by atoms with van der Waals surface area (Å²) >= 11 is 6.03. The van der Waals surface area contributed by atoms with Crippen molar-refractivity contribution >= 4 is 29.1 Å². The van der Waals surface area contributed by atoms with Crippen LogP contribution >= 0.6 is 11.6 Å². The summed E-state index contributed by atoms with van der Waals surface area (Å²) in [5.74, 6) is -1.47. The molecule has 1 aliphatic heterocycles. The van der Waals surface area contributed by atoms with Crippen molar-refractivity contribution in [2.75, 3.05) is 6.54 Å². The van der Waals surface area contributed by atoms with Crippen LogP contribution in [-0.2, 0) is 16.1 Å². The molecule has 1 amide bonds. The highest BCUT2D eigenvalue weighted by Gasteiger charge is 2.45. The second kappa shape index (κ2) is 8.55. The number of aromatic nitrogens is 2. The second-order valence-electron chi connectivity index (χ2n) is 7.06. The average molecular weight is 422 g/mol. The molecule has 7 heteroatoms. The number of amides is 1. The van der Waals surface area contributed by atoms with Crippen LogP contribution in [0.1, 0.15) is 23.6 Å². The van der Waals surface area contributed by atoms with Crippen LogP contribution in [0, 0.1) is 0 Å². The number of likely N-dealkylation sites (tertiary alicyclic amines) is 1. The van der Waals surface area contributed by atoms with E-state index in [1.165, 1.54) is 4.90 Å². The van der Waals surface area contributed by atoms with Crippen molar-refractivity contribution in [2.24, 2.45) is 0 Å². The minimum Gasteiger partial charge on any atom is -0.507 e. The quantitative estimate of drug-likeness (QED) is 0.370. The Balaban J connectivity index is 1.72. The molecule has 4 rings (SSSR count). The molecule has 152 valence electrons. The van der Waals surface area contributed by atoms with Crippen molar-refractivity contribution in [3.63, 3.8) is 0 Å². The molecule has 2 aromatic carbocycles. The number of rotatable bonds is 6. The Bertz CT molecular complexity index is 1080. The minimum absolute atomic E-state index is 0.0937. The van der Waals surface area contributed by atoms with Crippen LogP contribution in [0.3, 0.4) is 0 Å². The molecular weight excluding hydrogens is 402 g/mol. The number of aliphatic hydroxyl groups is 1. The molecule has 0 radical (unpaired) electrons. The average Bonchev–Trinajstić information content (AvgIpc) is 3.37. The normalized spacial score (nSPS) is 18.2. The number of aliphatic hydroxyl groups excluding tert-OH is 1. The third-order valence-electron chi connectivity index (χ3n) is 5.15. The molecule has 0 aliphatic carbocycles. The third kappa shape index (κ3) is 3.86. The standard InChI is InChI=1S/C23H20ClN3O3/c24-18-9-7-16(8-10-18)20-19(21(28)17-5-2-1-3-6-17)22(29)23(30)27(20)13-4-12-26-14-11-25-15-26/h1-3,5-11,14-15,20,28H,4,12-13H2/t20-/m1/s1. The number of aryl methyl sites for hydroxylation is 1. The number of imidazole rings is 1. The third-order valence-corrected chi connectivity index (χ3v) is 5.40. The number of ketones is 1. The molecule has 1 N–H and O–H groups in total. The highest BCUT2D eigenvalue weighted by atomic mass is 35.5. The zero-order valence-corrected chi connectivity index (χ0v) is 16.9. The van der Waals surface area contributed by atoms with Gasteiger partial charge in [0.25, 0.3) is 11.7 Å². The summed E-state index contributed by atoms with van der Waals surface area (Å²) in [6.07, 6.45) is 5.89. The van der Waals surface area contributed by atoms with E-state index in [-0.39, 0.29) is 11.3 Å². The highest BCUT2D eigenvalue weighted by Crippen LogP contribution is 2.39. The molecule has 1 aromatic heterocycles. The Morgan fingerprint density at radius 3 is 2.43 bits per heavy atom. The van der Waals surface area contributed by atoms with E-state index in [9.17, 15) is 14.7 Å². The van der Waals surface area contributed by atoms with Gasteiger partial charge >= 0.3 is 0 Å². The largest absolute Gasteiger partial charge is 0.507 e. The lowest BCUT2D eigenvalue weighted by atomic mass is 9.95. The molecule has 1 aliphatic rings. The van der Waals surface area contributed by atoms with Crippen LogP contribution in [0.15, 0.2) is 78.9 Å². The van der Waals surface area contributed by atoms with E-state index in [0.29, 0.717) is 30.1 Å². The maximum Gasteiger partial charge on any atom is 0.295 e. The number of hydrogen-bond acceptors (Lipinski definition) is 4. The van der Waals surface area contributed by atoms with Crippen LogP contribution in [0.4, 0.5) is 0 Å². The van der Waals surface area contributed by atoms with Crippen LogP contribution in [0.25, 0.3) is 5.76 Å². The van der Waals surface area contributed by atoms with E-state index >= 15 is 0 Å². The number of carbonyl (C=O) groups excluding carboxylic acids is 2. The summed E-state index contributed by atoms with van der Waals surface area (Å²) in [5.41, 5.74) is 1.31. The smallest absolute Gasteiger partial charge is 0.295 e. The minimum atomic E-state index is -0.682. The summed E-state index contributed by atoms with van der Waals surface area (Å²) in [5, 5.41) is 11.5. The molecule has 0 saturated carbocycles. The molecule has 2 heterocycles. The molecule has 3 aromatic rings. The van der Waals surface area contributed by atoms with Gasteiger partial charge in [-0.2, -0.15) is 0 Å². The van der Waals surface area contributed by atoms with Crippen molar-refractivity contribution in [1.29, 1.82) is 0 Å². The number of Topliss-reactive ketones (excluding diaryl/α,β-unsaturated/α-hetero) is 1. The fourth-order valence-electron chi connectivity index (χ4n) is 3.70. The van der Waals surface area contributed by atoms with Crippen LogP contribution in [-0.4, -0.2) is 37.8 Å². The van der Waals surface area contributed by atoms with E-state index in [0.717, 1.165) is 5.56 Å². The van der Waals surface area contributed by atoms with Gasteiger partial charge in [-0.1, -0.05) is 54.1 Å². The van der Waals surface area contributed by atoms with Gasteiger partial charge in [0.15, 0.2) is 0 Å². The van der Waals surface area contributed by atoms with Crippen molar-refractivity contribution in [1.82, 2.24) is 14.5 Å². The first-order chi connectivity index (χ1) is 14.6. The Morgan fingerprint density at radius 1 is 1.03 bits per heavy atom. The number of nitrogens with zero attached hydrogens (tertiary/aromatic N) is 3. The van der Waals surface area contributed by atoms with Crippen molar-refractivity contribution in [2.45, 2.75) is 19.0 Å². The predicted octanol–water partition coefficient (Wildman–Crippen LogP) is 4.05. The van der Waals surface area contributed by atoms with E-state index in [4.69, 9.17) is 11.6 Å². The van der Waals surface area contributed by atoms with Crippen LogP contribution < -0.4 is 0 Å². The maximum atomic E-state index is 12.9. The summed E-state index contributed by atoms with van der Waals surface area (Å²) in [6.45, 7) is 1.02. The first-order valence-electron chi connectivity index (χ1n) is 9.61. The Kier molecular flexibility index (Phi) is 5.68. The van der Waals surface area contributed by atoms with Gasteiger partial charge in [0.2, 0.25) is 0 Å². The number of carbonyl (C=O) groups is 2. The predicted molar refractivity (Wildman–Crippen MR) is 114 cm³/mol. The van der Waals surface area contributed by atoms with Crippen molar-refractivity contribution in [3.8, 4) is 0 Å². The van der Waals surface area contributed by atoms with Crippen LogP contribution in [0.2, 0.25) is 5.02 Å². The number of hydrogen-bond donors (Lipinski definition) is 1. The molecule has 0 spiro atoms. The molecule has 1 saturated heterocycles. The van der Waals surface area contributed by atoms with E-state index < -0.39 is 17.7 Å². The number of halogens is 1. The lowest BCUT2D eigenvalue weighted by molar-refractivity contribution is -0.139. The first kappa shape index (κ1) is 19.9. The fourth-order valence-corrected chi connectivity index (χ4v) is 3.82.